The van der Waals surface area contributed by atoms with Crippen molar-refractivity contribution in [1.82, 2.24) is 5.32 Å². The minimum atomic E-state index is -1.42. The van der Waals surface area contributed by atoms with Gasteiger partial charge in [0.25, 0.3) is 0 Å². The average Bonchev–Trinajstić information content (AvgIpc) is 2.32. The van der Waals surface area contributed by atoms with Crippen LogP contribution in [0.2, 0.25) is 0 Å². The van der Waals surface area contributed by atoms with E-state index >= 15 is 0 Å². The molecule has 0 aromatic carbocycles. The Balaban J connectivity index is 2.61. The van der Waals surface area contributed by atoms with Gasteiger partial charge < -0.3 is 10.4 Å². The van der Waals surface area contributed by atoms with Crippen molar-refractivity contribution >= 4 is 11.9 Å². The molecular weight excluding hydrogens is 170 g/mol. The van der Waals surface area contributed by atoms with Crippen molar-refractivity contribution in [2.75, 3.05) is 0 Å². The molecule has 0 bridgehead atoms. The molecule has 0 atom stereocenters. The summed E-state index contributed by atoms with van der Waals surface area (Å²) in [6, 6.07) is -0.0383. The largest absolute Gasteiger partial charge is 0.474 e. The Bertz CT molecular complexity index is 254. The van der Waals surface area contributed by atoms with Gasteiger partial charge in [0.05, 0.1) is 0 Å². The molecule has 1 amide bonds. The Kier molecular flexibility index (Phi) is 1.90. The average molecular weight is 185 g/mol. The number of hydrogen-bond donors (Lipinski definition) is 2. The van der Waals surface area contributed by atoms with E-state index in [0.717, 1.165) is 0 Å². The molecule has 1 aliphatic rings. The first kappa shape index (κ1) is 10.0. The van der Waals surface area contributed by atoms with Gasteiger partial charge in [0.1, 0.15) is 0 Å². The molecular formula is C9H15NO3. The maximum absolute atomic E-state index is 10.9. The van der Waals surface area contributed by atoms with Crippen LogP contribution in [-0.2, 0) is 9.59 Å². The van der Waals surface area contributed by atoms with Crippen LogP contribution in [0.1, 0.15) is 27.7 Å². The number of carbonyl (C=O) groups is 2. The molecule has 0 heterocycles. The van der Waals surface area contributed by atoms with E-state index in [9.17, 15) is 9.59 Å². The molecule has 0 aromatic rings. The van der Waals surface area contributed by atoms with E-state index in [2.05, 4.69) is 5.32 Å². The number of carbonyl (C=O) groups excluding carboxylic acids is 1. The summed E-state index contributed by atoms with van der Waals surface area (Å²) in [4.78, 5) is 21.1. The standard InChI is InChI=1S/C9H15NO3/c1-8(2)7(9(8,3)4)10-5(11)6(12)13/h7H,1-4H3,(H,10,11)(H,12,13). The highest BCUT2D eigenvalue weighted by Gasteiger charge is 2.65. The van der Waals surface area contributed by atoms with Crippen molar-refractivity contribution in [3.05, 3.63) is 0 Å². The molecule has 0 aliphatic heterocycles. The van der Waals surface area contributed by atoms with Gasteiger partial charge in [0, 0.05) is 6.04 Å². The van der Waals surface area contributed by atoms with Crippen LogP contribution in [0.25, 0.3) is 0 Å². The lowest BCUT2D eigenvalue weighted by molar-refractivity contribution is -0.150. The topological polar surface area (TPSA) is 66.4 Å². The normalized spacial score (nSPS) is 23.7. The molecule has 0 aromatic heterocycles. The monoisotopic (exact) mass is 185 g/mol. The fourth-order valence-electron chi connectivity index (χ4n) is 1.75. The Morgan fingerprint density at radius 2 is 1.54 bits per heavy atom. The number of aliphatic carboxylic acids is 1. The fourth-order valence-corrected chi connectivity index (χ4v) is 1.75. The molecule has 13 heavy (non-hydrogen) atoms. The van der Waals surface area contributed by atoms with Crippen LogP contribution in [0.5, 0.6) is 0 Å². The fraction of sp³-hybridized carbons (Fsp3) is 0.778. The van der Waals surface area contributed by atoms with Crippen molar-refractivity contribution in [3.63, 3.8) is 0 Å². The maximum atomic E-state index is 10.9. The molecule has 1 aliphatic carbocycles. The van der Waals surface area contributed by atoms with E-state index in [1.54, 1.807) is 0 Å². The number of carboxylic acid groups (broad SMARTS) is 1. The number of amides is 1. The Morgan fingerprint density at radius 3 is 1.77 bits per heavy atom. The van der Waals surface area contributed by atoms with Gasteiger partial charge in [0.2, 0.25) is 0 Å². The Labute approximate surface area is 77.3 Å². The number of hydrogen-bond acceptors (Lipinski definition) is 2. The molecule has 4 nitrogen and oxygen atoms in total. The number of carboxylic acids is 1. The van der Waals surface area contributed by atoms with Gasteiger partial charge in [-0.25, -0.2) is 4.79 Å². The quantitative estimate of drug-likeness (QED) is 0.588. The third kappa shape index (κ3) is 1.30. The molecule has 0 radical (unpaired) electrons. The molecule has 1 saturated carbocycles. The van der Waals surface area contributed by atoms with Crippen molar-refractivity contribution in [2.45, 2.75) is 33.7 Å². The summed E-state index contributed by atoms with van der Waals surface area (Å²) in [6.45, 7) is 8.05. The summed E-state index contributed by atoms with van der Waals surface area (Å²) in [5, 5.41) is 10.9. The van der Waals surface area contributed by atoms with E-state index in [4.69, 9.17) is 5.11 Å². The van der Waals surface area contributed by atoms with Crippen molar-refractivity contribution in [1.29, 1.82) is 0 Å². The minimum Gasteiger partial charge on any atom is -0.474 e. The van der Waals surface area contributed by atoms with Crippen LogP contribution < -0.4 is 5.32 Å². The first-order valence-corrected chi connectivity index (χ1v) is 4.25. The Morgan fingerprint density at radius 1 is 1.15 bits per heavy atom. The number of nitrogens with one attached hydrogen (secondary N) is 1. The van der Waals surface area contributed by atoms with Gasteiger partial charge in [0.15, 0.2) is 0 Å². The second kappa shape index (κ2) is 2.47. The zero-order valence-electron chi connectivity index (χ0n) is 8.34. The lowest BCUT2D eigenvalue weighted by atomic mass is 10.0. The van der Waals surface area contributed by atoms with Crippen molar-refractivity contribution in [3.8, 4) is 0 Å². The smallest absolute Gasteiger partial charge is 0.394 e. The van der Waals surface area contributed by atoms with Gasteiger partial charge in [-0.05, 0) is 10.8 Å². The molecule has 4 heteroatoms. The highest BCUT2D eigenvalue weighted by atomic mass is 16.4. The van der Waals surface area contributed by atoms with Gasteiger partial charge in [-0.1, -0.05) is 27.7 Å². The van der Waals surface area contributed by atoms with Crippen LogP contribution >= 0.6 is 0 Å². The van der Waals surface area contributed by atoms with E-state index in [-0.39, 0.29) is 16.9 Å². The van der Waals surface area contributed by atoms with E-state index in [0.29, 0.717) is 0 Å². The first-order chi connectivity index (χ1) is 5.71. The van der Waals surface area contributed by atoms with Gasteiger partial charge >= 0.3 is 11.9 Å². The minimum absolute atomic E-state index is 0.0158. The van der Waals surface area contributed by atoms with Crippen LogP contribution in [0, 0.1) is 10.8 Å². The number of rotatable bonds is 1. The van der Waals surface area contributed by atoms with E-state index in [1.807, 2.05) is 27.7 Å². The summed E-state index contributed by atoms with van der Waals surface area (Å²) in [5.74, 6) is -2.33. The first-order valence-electron chi connectivity index (χ1n) is 4.25. The molecule has 0 unspecified atom stereocenters. The summed E-state index contributed by atoms with van der Waals surface area (Å²) >= 11 is 0. The highest BCUT2D eigenvalue weighted by Crippen LogP contribution is 2.62. The zero-order valence-corrected chi connectivity index (χ0v) is 8.34. The molecule has 0 saturated heterocycles. The highest BCUT2D eigenvalue weighted by molar-refractivity contribution is 6.31. The van der Waals surface area contributed by atoms with Crippen LogP contribution in [0.3, 0.4) is 0 Å². The SMILES string of the molecule is CC1(C)C(NC(=O)C(=O)O)C1(C)C. The molecule has 1 rings (SSSR count). The van der Waals surface area contributed by atoms with Crippen molar-refractivity contribution < 1.29 is 14.7 Å². The van der Waals surface area contributed by atoms with Crippen molar-refractivity contribution in [2.24, 2.45) is 10.8 Å². The summed E-state index contributed by atoms with van der Waals surface area (Å²) in [6.07, 6.45) is 0. The molecule has 0 spiro atoms. The van der Waals surface area contributed by atoms with E-state index in [1.165, 1.54) is 0 Å². The summed E-state index contributed by atoms with van der Waals surface area (Å²) in [5.41, 5.74) is -0.0315. The second-order valence-corrected chi connectivity index (χ2v) is 4.66. The third-order valence-corrected chi connectivity index (χ3v) is 3.49. The van der Waals surface area contributed by atoms with Crippen LogP contribution in [0.4, 0.5) is 0 Å². The lowest BCUT2D eigenvalue weighted by Gasteiger charge is -2.02. The van der Waals surface area contributed by atoms with Crippen LogP contribution in [0.15, 0.2) is 0 Å². The predicted octanol–water partition coefficient (Wildman–Crippen LogP) is 0.622. The molecule has 74 valence electrons. The Hall–Kier alpha value is -1.06. The van der Waals surface area contributed by atoms with Gasteiger partial charge in [-0.15, -0.1) is 0 Å². The molecule has 1 fully saturated rings. The maximum Gasteiger partial charge on any atom is 0.394 e. The van der Waals surface area contributed by atoms with E-state index < -0.39 is 11.9 Å². The van der Waals surface area contributed by atoms with Gasteiger partial charge in [-0.3, -0.25) is 4.79 Å². The zero-order chi connectivity index (χ0) is 10.4. The second-order valence-electron chi connectivity index (χ2n) is 4.66. The summed E-state index contributed by atoms with van der Waals surface area (Å²) in [7, 11) is 0. The lowest BCUT2D eigenvalue weighted by Crippen LogP contribution is -2.35. The van der Waals surface area contributed by atoms with Crippen LogP contribution in [-0.4, -0.2) is 23.0 Å². The summed E-state index contributed by atoms with van der Waals surface area (Å²) < 4.78 is 0. The predicted molar refractivity (Wildman–Crippen MR) is 47.1 cm³/mol. The molecule has 2 N–H and O–H groups in total. The third-order valence-electron chi connectivity index (χ3n) is 3.49. The van der Waals surface area contributed by atoms with Gasteiger partial charge in [-0.2, -0.15) is 0 Å².